The van der Waals surface area contributed by atoms with Crippen LogP contribution in [-0.4, -0.2) is 34.9 Å². The zero-order valence-corrected chi connectivity index (χ0v) is 51.7. The van der Waals surface area contributed by atoms with Crippen LogP contribution in [0.3, 0.4) is 0 Å². The molecule has 0 saturated carbocycles. The summed E-state index contributed by atoms with van der Waals surface area (Å²) >= 11 is 0. The van der Waals surface area contributed by atoms with Crippen molar-refractivity contribution in [3.05, 3.63) is 122 Å². The molecule has 0 aromatic heterocycles. The molecule has 0 radical (unpaired) electrons. The van der Waals surface area contributed by atoms with Crippen LogP contribution in [-0.2, 0) is 4.79 Å². The van der Waals surface area contributed by atoms with Gasteiger partial charge < -0.3 is 15.5 Å². The summed E-state index contributed by atoms with van der Waals surface area (Å²) in [4.78, 5) is 12.5. The number of hydrogen-bond acceptors (Lipinski definition) is 3. The smallest absolute Gasteiger partial charge is 0.220 e. The normalized spacial score (nSPS) is 13.5. The monoisotopic (exact) mass is 1080 g/mol. The van der Waals surface area contributed by atoms with Gasteiger partial charge in [0.15, 0.2) is 0 Å². The van der Waals surface area contributed by atoms with E-state index < -0.39 is 12.1 Å². The maximum absolute atomic E-state index is 12.5. The lowest BCUT2D eigenvalue weighted by atomic mass is 10.0. The van der Waals surface area contributed by atoms with E-state index in [1.807, 2.05) is 6.08 Å². The molecule has 0 aromatic carbocycles. The Balaban J connectivity index is 3.55. The molecule has 2 unspecified atom stereocenters. The van der Waals surface area contributed by atoms with Crippen LogP contribution < -0.4 is 5.32 Å². The maximum atomic E-state index is 12.5. The highest BCUT2D eigenvalue weighted by Gasteiger charge is 2.18. The quantitative estimate of drug-likeness (QED) is 0.0420. The second kappa shape index (κ2) is 68.1. The summed E-state index contributed by atoms with van der Waals surface area (Å²) in [5.74, 6) is -0.0682. The molecular weight excluding hydrogens is 951 g/mol. The van der Waals surface area contributed by atoms with E-state index in [9.17, 15) is 15.0 Å². The van der Waals surface area contributed by atoms with Crippen molar-refractivity contribution in [3.8, 4) is 0 Å². The number of nitrogens with one attached hydrogen (secondary N) is 1. The van der Waals surface area contributed by atoms with Crippen LogP contribution in [0.5, 0.6) is 0 Å². The zero-order valence-electron chi connectivity index (χ0n) is 51.7. The van der Waals surface area contributed by atoms with Gasteiger partial charge in [-0.2, -0.15) is 0 Å². The van der Waals surface area contributed by atoms with Crippen LogP contribution in [0.15, 0.2) is 122 Å². The van der Waals surface area contributed by atoms with Gasteiger partial charge in [-0.1, -0.05) is 347 Å². The van der Waals surface area contributed by atoms with Crippen molar-refractivity contribution in [1.82, 2.24) is 5.32 Å². The third kappa shape index (κ3) is 63.6. The van der Waals surface area contributed by atoms with Gasteiger partial charge in [-0.05, 0) is 89.9 Å². The molecule has 0 heterocycles. The summed E-state index contributed by atoms with van der Waals surface area (Å²) in [6, 6.07) is -0.633. The van der Waals surface area contributed by atoms with E-state index in [1.54, 1.807) is 6.08 Å². The van der Waals surface area contributed by atoms with Crippen LogP contribution in [0.2, 0.25) is 0 Å². The van der Waals surface area contributed by atoms with Crippen molar-refractivity contribution in [3.63, 3.8) is 0 Å². The predicted molar refractivity (Wildman–Crippen MR) is 349 cm³/mol. The number of aliphatic hydroxyl groups is 2. The highest BCUT2D eigenvalue weighted by atomic mass is 16.3. The van der Waals surface area contributed by atoms with E-state index in [4.69, 9.17) is 0 Å². The van der Waals surface area contributed by atoms with E-state index in [0.717, 1.165) is 83.5 Å². The van der Waals surface area contributed by atoms with E-state index in [1.165, 1.54) is 218 Å². The van der Waals surface area contributed by atoms with Gasteiger partial charge in [0.1, 0.15) is 0 Å². The number of rotatable bonds is 61. The second-order valence-electron chi connectivity index (χ2n) is 22.5. The van der Waals surface area contributed by atoms with Crippen LogP contribution in [0.25, 0.3) is 0 Å². The molecule has 0 fully saturated rings. The molecule has 448 valence electrons. The molecule has 4 nitrogen and oxygen atoms in total. The van der Waals surface area contributed by atoms with Gasteiger partial charge in [-0.15, -0.1) is 0 Å². The van der Waals surface area contributed by atoms with E-state index >= 15 is 0 Å². The van der Waals surface area contributed by atoms with Crippen molar-refractivity contribution in [2.45, 2.75) is 334 Å². The molecule has 4 heteroatoms. The Hall–Kier alpha value is -3.21. The third-order valence-electron chi connectivity index (χ3n) is 15.0. The molecular formula is C74H129NO3. The molecule has 0 rings (SSSR count). The Labute approximate surface area is 486 Å². The molecule has 1 amide bonds. The van der Waals surface area contributed by atoms with E-state index in [0.29, 0.717) is 6.42 Å². The first-order chi connectivity index (χ1) is 38.7. The molecule has 0 aliphatic carbocycles. The Morgan fingerprint density at radius 3 is 0.846 bits per heavy atom. The van der Waals surface area contributed by atoms with Gasteiger partial charge >= 0.3 is 0 Å². The summed E-state index contributed by atoms with van der Waals surface area (Å²) in [5, 5.41) is 23.3. The summed E-state index contributed by atoms with van der Waals surface area (Å²) in [7, 11) is 0. The van der Waals surface area contributed by atoms with Crippen molar-refractivity contribution in [1.29, 1.82) is 0 Å². The SMILES string of the molecule is CC/C=C\C/C=C\C/C=C\C/C=C\C/C=C\C/C=C\C/C=C\C/C=C\C/C=C\CCCCCCCCCCCCCC(=O)NC(CO)C(O)/C=C/CCCCCCCCCCCCCCCCCCCCCCCCCCC. The minimum absolute atomic E-state index is 0.0682. The summed E-state index contributed by atoms with van der Waals surface area (Å²) in [6.45, 7) is 4.22. The van der Waals surface area contributed by atoms with E-state index in [2.05, 4.69) is 129 Å². The molecule has 0 spiro atoms. The van der Waals surface area contributed by atoms with Crippen LogP contribution in [0.4, 0.5) is 0 Å². The van der Waals surface area contributed by atoms with Crippen molar-refractivity contribution < 1.29 is 15.0 Å². The number of carbonyl (C=O) groups is 1. The predicted octanol–water partition coefficient (Wildman–Crippen LogP) is 23.2. The molecule has 3 N–H and O–H groups in total. The molecule has 0 bridgehead atoms. The fraction of sp³-hybridized carbons (Fsp3) is 0.716. The lowest BCUT2D eigenvalue weighted by molar-refractivity contribution is -0.123. The van der Waals surface area contributed by atoms with Crippen molar-refractivity contribution in [2.75, 3.05) is 6.61 Å². The van der Waals surface area contributed by atoms with Gasteiger partial charge in [0, 0.05) is 6.42 Å². The average Bonchev–Trinajstić information content (AvgIpc) is 3.44. The average molecular weight is 1080 g/mol. The van der Waals surface area contributed by atoms with E-state index in [-0.39, 0.29) is 12.5 Å². The van der Waals surface area contributed by atoms with Gasteiger partial charge in [0.2, 0.25) is 5.91 Å². The highest BCUT2D eigenvalue weighted by molar-refractivity contribution is 5.76. The second-order valence-corrected chi connectivity index (χ2v) is 22.5. The zero-order chi connectivity index (χ0) is 56.2. The number of unbranched alkanes of at least 4 members (excludes halogenated alkanes) is 36. The van der Waals surface area contributed by atoms with Gasteiger partial charge in [-0.3, -0.25) is 4.79 Å². The third-order valence-corrected chi connectivity index (χ3v) is 15.0. The number of hydrogen-bond donors (Lipinski definition) is 3. The Morgan fingerprint density at radius 2 is 0.564 bits per heavy atom. The lowest BCUT2D eigenvalue weighted by Crippen LogP contribution is -2.45. The first-order valence-electron chi connectivity index (χ1n) is 33.7. The Morgan fingerprint density at radius 1 is 0.321 bits per heavy atom. The number of aliphatic hydroxyl groups excluding tert-OH is 2. The standard InChI is InChI=1S/C74H129NO3/c1-3-5-7-9-11-13-15-17-19-21-23-25-27-29-31-32-33-34-35-36-37-38-39-40-41-42-44-46-48-50-52-54-56-58-60-62-64-66-68-70-74(78)75-72(71-76)73(77)69-67-65-63-61-59-57-55-53-51-49-47-45-43-30-28-26-24-22-20-18-16-14-12-10-8-6-4-2/h5,7,11,13,17,19,23,25,29,31,33-34,36-37,39-40,42,44,67,69,72-73,76-77H,3-4,6,8-10,12,14-16,18,20-22,24,26-28,30,32,35,38,41,43,45-66,68,70-71H2,1-2H3,(H,75,78)/b7-5-,13-11-,19-17-,25-23-,31-29-,34-33-,37-36-,40-39-,44-42-,69-67+. The lowest BCUT2D eigenvalue weighted by Gasteiger charge is -2.20. The highest BCUT2D eigenvalue weighted by Crippen LogP contribution is 2.17. The van der Waals surface area contributed by atoms with Crippen LogP contribution in [0, 0.1) is 0 Å². The Kier molecular flexibility index (Phi) is 65.3. The summed E-state index contributed by atoms with van der Waals surface area (Å²) in [5.41, 5.74) is 0. The number of amides is 1. The largest absolute Gasteiger partial charge is 0.394 e. The van der Waals surface area contributed by atoms with Crippen LogP contribution >= 0.6 is 0 Å². The molecule has 78 heavy (non-hydrogen) atoms. The van der Waals surface area contributed by atoms with Gasteiger partial charge in [-0.25, -0.2) is 0 Å². The van der Waals surface area contributed by atoms with Gasteiger partial charge in [0.25, 0.3) is 0 Å². The minimum atomic E-state index is -0.849. The number of carbonyl (C=O) groups excluding carboxylic acids is 1. The van der Waals surface area contributed by atoms with Crippen molar-refractivity contribution in [2.24, 2.45) is 0 Å². The fourth-order valence-corrected chi connectivity index (χ4v) is 9.88. The molecule has 0 saturated heterocycles. The first kappa shape index (κ1) is 74.8. The molecule has 0 aliphatic heterocycles. The Bertz CT molecular complexity index is 1510. The minimum Gasteiger partial charge on any atom is -0.394 e. The first-order valence-corrected chi connectivity index (χ1v) is 33.7. The van der Waals surface area contributed by atoms with Crippen molar-refractivity contribution >= 4 is 5.91 Å². The summed E-state index contributed by atoms with van der Waals surface area (Å²) in [6.07, 6.45) is 104. The maximum Gasteiger partial charge on any atom is 0.220 e. The fourth-order valence-electron chi connectivity index (χ4n) is 9.88. The molecule has 2 atom stereocenters. The number of allylic oxidation sites excluding steroid dienone is 19. The summed E-state index contributed by atoms with van der Waals surface area (Å²) < 4.78 is 0. The van der Waals surface area contributed by atoms with Gasteiger partial charge in [0.05, 0.1) is 18.8 Å². The topological polar surface area (TPSA) is 69.6 Å². The molecule has 0 aliphatic rings. The molecule has 0 aromatic rings. The van der Waals surface area contributed by atoms with Crippen LogP contribution in [0.1, 0.15) is 322 Å².